The highest BCUT2D eigenvalue weighted by atomic mass is 16.6. The minimum absolute atomic E-state index is 0.156. The van der Waals surface area contributed by atoms with Crippen molar-refractivity contribution in [3.63, 3.8) is 0 Å². The molecule has 0 unspecified atom stereocenters. The van der Waals surface area contributed by atoms with Gasteiger partial charge in [-0.2, -0.15) is 0 Å². The summed E-state index contributed by atoms with van der Waals surface area (Å²) in [5.74, 6) is 1.06. The Morgan fingerprint density at radius 2 is 1.82 bits per heavy atom. The molecule has 0 aliphatic carbocycles. The van der Waals surface area contributed by atoms with Gasteiger partial charge in [0.25, 0.3) is 5.91 Å². The zero-order valence-corrected chi connectivity index (χ0v) is 15.1. The molecule has 2 aromatic carbocycles. The first-order valence-electron chi connectivity index (χ1n) is 9.24. The molecule has 0 spiro atoms. The monoisotopic (exact) mass is 377 g/mol. The van der Waals surface area contributed by atoms with Crippen LogP contribution < -0.4 is 14.8 Å². The fourth-order valence-corrected chi connectivity index (χ4v) is 3.77. The van der Waals surface area contributed by atoms with Gasteiger partial charge in [-0.3, -0.25) is 9.69 Å². The third kappa shape index (κ3) is 2.85. The number of rotatable bonds is 4. The second-order valence-corrected chi connectivity index (χ2v) is 7.01. The molecule has 0 saturated carbocycles. The van der Waals surface area contributed by atoms with Crippen LogP contribution in [0.1, 0.15) is 5.56 Å². The lowest BCUT2D eigenvalue weighted by Crippen LogP contribution is -2.44. The Labute approximate surface area is 161 Å². The third-order valence-corrected chi connectivity index (χ3v) is 5.16. The number of carbonyl (C=O) groups is 2. The van der Waals surface area contributed by atoms with Crippen molar-refractivity contribution in [3.05, 3.63) is 60.3 Å². The van der Waals surface area contributed by atoms with Crippen LogP contribution in [0.15, 0.2) is 54.7 Å². The highest BCUT2D eigenvalue weighted by Crippen LogP contribution is 2.31. The van der Waals surface area contributed by atoms with Gasteiger partial charge in [0.1, 0.15) is 12.6 Å². The van der Waals surface area contributed by atoms with Gasteiger partial charge in [-0.05, 0) is 23.8 Å². The number of nitrogens with zero attached hydrogens (tertiary/aromatic N) is 1. The Bertz CT molecular complexity index is 1060. The summed E-state index contributed by atoms with van der Waals surface area (Å²) in [6.07, 6.45) is 1.94. The summed E-state index contributed by atoms with van der Waals surface area (Å²) in [5.41, 5.74) is 2.01. The molecule has 7 heteroatoms. The standard InChI is InChI=1S/C21H19N3O4/c25-20-17(9-13-10-22-16-6-2-1-5-15(13)16)23-21(26)24(20)11-14-12-27-18-7-3-4-8-19(18)28-14/h1-8,10,14,17,22H,9,11-12H2,(H,23,26)/t14-,17+/m1/s1. The summed E-state index contributed by atoms with van der Waals surface area (Å²) in [6, 6.07) is 14.3. The van der Waals surface area contributed by atoms with Gasteiger partial charge in [0.15, 0.2) is 17.6 Å². The summed E-state index contributed by atoms with van der Waals surface area (Å²) in [4.78, 5) is 29.7. The Morgan fingerprint density at radius 3 is 2.71 bits per heavy atom. The fourth-order valence-electron chi connectivity index (χ4n) is 3.77. The fraction of sp³-hybridized carbons (Fsp3) is 0.238. The smallest absolute Gasteiger partial charge is 0.324 e. The second kappa shape index (κ2) is 6.60. The first kappa shape index (κ1) is 16.7. The summed E-state index contributed by atoms with van der Waals surface area (Å²) in [6.45, 7) is 0.449. The second-order valence-electron chi connectivity index (χ2n) is 7.01. The lowest BCUT2D eigenvalue weighted by Gasteiger charge is -2.28. The number of urea groups is 1. The molecular formula is C21H19N3O4. The van der Waals surface area contributed by atoms with E-state index in [2.05, 4.69) is 10.3 Å². The van der Waals surface area contributed by atoms with Gasteiger partial charge in [0, 0.05) is 23.5 Å². The van der Waals surface area contributed by atoms with Crippen LogP contribution in [0.3, 0.4) is 0 Å². The topological polar surface area (TPSA) is 83.7 Å². The maximum Gasteiger partial charge on any atom is 0.324 e. The Morgan fingerprint density at radius 1 is 1.04 bits per heavy atom. The number of benzene rings is 2. The zero-order chi connectivity index (χ0) is 19.1. The molecule has 3 aromatic rings. The highest BCUT2D eigenvalue weighted by Gasteiger charge is 2.40. The van der Waals surface area contributed by atoms with Crippen LogP contribution in [-0.4, -0.2) is 47.1 Å². The molecule has 142 valence electrons. The molecule has 2 atom stereocenters. The first-order valence-corrected chi connectivity index (χ1v) is 9.24. The van der Waals surface area contributed by atoms with Crippen LogP contribution >= 0.6 is 0 Å². The molecule has 5 rings (SSSR count). The van der Waals surface area contributed by atoms with E-state index in [1.54, 1.807) is 0 Å². The molecule has 7 nitrogen and oxygen atoms in total. The van der Waals surface area contributed by atoms with Gasteiger partial charge in [0.2, 0.25) is 0 Å². The van der Waals surface area contributed by atoms with Crippen molar-refractivity contribution in [1.82, 2.24) is 15.2 Å². The van der Waals surface area contributed by atoms with Crippen molar-refractivity contribution >= 4 is 22.8 Å². The van der Waals surface area contributed by atoms with E-state index in [-0.39, 0.29) is 12.5 Å². The lowest BCUT2D eigenvalue weighted by atomic mass is 10.1. The number of aromatic nitrogens is 1. The first-order chi connectivity index (χ1) is 13.7. The van der Waals surface area contributed by atoms with E-state index in [1.165, 1.54) is 4.90 Å². The number of aromatic amines is 1. The average molecular weight is 377 g/mol. The lowest BCUT2D eigenvalue weighted by molar-refractivity contribution is -0.128. The van der Waals surface area contributed by atoms with E-state index in [4.69, 9.17) is 9.47 Å². The SMILES string of the molecule is O=C1N[C@@H](Cc2c[nH]c3ccccc23)C(=O)N1C[C@@H]1COc2ccccc2O1. The molecular weight excluding hydrogens is 358 g/mol. The third-order valence-electron chi connectivity index (χ3n) is 5.16. The van der Waals surface area contributed by atoms with Crippen LogP contribution in [0.5, 0.6) is 11.5 Å². The molecule has 2 N–H and O–H groups in total. The van der Waals surface area contributed by atoms with Crippen LogP contribution in [0, 0.1) is 0 Å². The molecule has 2 aliphatic heterocycles. The van der Waals surface area contributed by atoms with Crippen molar-refractivity contribution in [1.29, 1.82) is 0 Å². The molecule has 0 radical (unpaired) electrons. The minimum Gasteiger partial charge on any atom is -0.486 e. The van der Waals surface area contributed by atoms with E-state index in [0.717, 1.165) is 16.5 Å². The Balaban J connectivity index is 1.28. The summed E-state index contributed by atoms with van der Waals surface area (Å²) < 4.78 is 11.6. The summed E-state index contributed by atoms with van der Waals surface area (Å²) in [7, 11) is 0. The largest absolute Gasteiger partial charge is 0.486 e. The average Bonchev–Trinajstić information content (AvgIpc) is 3.24. The molecule has 2 aliphatic rings. The Hall–Kier alpha value is -3.48. The predicted octanol–water partition coefficient (Wildman–Crippen LogP) is 2.47. The molecule has 0 bridgehead atoms. The quantitative estimate of drug-likeness (QED) is 0.684. The van der Waals surface area contributed by atoms with Crippen molar-refractivity contribution in [3.8, 4) is 11.5 Å². The van der Waals surface area contributed by atoms with Gasteiger partial charge in [-0.1, -0.05) is 30.3 Å². The van der Waals surface area contributed by atoms with E-state index in [0.29, 0.717) is 24.5 Å². The van der Waals surface area contributed by atoms with E-state index in [9.17, 15) is 9.59 Å². The van der Waals surface area contributed by atoms with Crippen molar-refractivity contribution < 1.29 is 19.1 Å². The molecule has 3 amide bonds. The van der Waals surface area contributed by atoms with Crippen molar-refractivity contribution in [2.75, 3.05) is 13.2 Å². The number of ether oxygens (including phenoxy) is 2. The number of fused-ring (bicyclic) bond motifs is 2. The number of hydrogen-bond acceptors (Lipinski definition) is 4. The van der Waals surface area contributed by atoms with E-state index >= 15 is 0 Å². The molecule has 1 aromatic heterocycles. The maximum absolute atomic E-state index is 12.8. The van der Waals surface area contributed by atoms with Crippen molar-refractivity contribution in [2.45, 2.75) is 18.6 Å². The van der Waals surface area contributed by atoms with Gasteiger partial charge in [0.05, 0.1) is 6.54 Å². The van der Waals surface area contributed by atoms with Gasteiger partial charge >= 0.3 is 6.03 Å². The number of imide groups is 1. The number of nitrogens with one attached hydrogen (secondary N) is 2. The number of carbonyl (C=O) groups excluding carboxylic acids is 2. The van der Waals surface area contributed by atoms with Crippen LogP contribution in [0.4, 0.5) is 4.79 Å². The minimum atomic E-state index is -0.580. The summed E-state index contributed by atoms with van der Waals surface area (Å²) >= 11 is 0. The van der Waals surface area contributed by atoms with Crippen molar-refractivity contribution in [2.24, 2.45) is 0 Å². The zero-order valence-electron chi connectivity index (χ0n) is 15.1. The Kier molecular flexibility index (Phi) is 3.93. The molecule has 1 saturated heterocycles. The number of amides is 3. The maximum atomic E-state index is 12.8. The number of H-pyrrole nitrogens is 1. The highest BCUT2D eigenvalue weighted by molar-refractivity contribution is 6.04. The predicted molar refractivity (Wildman–Crippen MR) is 102 cm³/mol. The van der Waals surface area contributed by atoms with Gasteiger partial charge in [-0.15, -0.1) is 0 Å². The molecule has 1 fully saturated rings. The summed E-state index contributed by atoms with van der Waals surface area (Å²) in [5, 5.41) is 3.85. The van der Waals surface area contributed by atoms with Crippen LogP contribution in [0.2, 0.25) is 0 Å². The van der Waals surface area contributed by atoms with Crippen LogP contribution in [-0.2, 0) is 11.2 Å². The van der Waals surface area contributed by atoms with E-state index in [1.807, 2.05) is 54.7 Å². The van der Waals surface area contributed by atoms with E-state index < -0.39 is 18.2 Å². The molecule has 3 heterocycles. The number of para-hydroxylation sites is 3. The normalized spacial score (nSPS) is 21.2. The van der Waals surface area contributed by atoms with Gasteiger partial charge < -0.3 is 19.8 Å². The van der Waals surface area contributed by atoms with Gasteiger partial charge in [-0.25, -0.2) is 4.79 Å². The molecule has 28 heavy (non-hydrogen) atoms. The number of hydrogen-bond donors (Lipinski definition) is 2. The van der Waals surface area contributed by atoms with Crippen LogP contribution in [0.25, 0.3) is 10.9 Å².